The Morgan fingerprint density at radius 1 is 1.43 bits per heavy atom. The van der Waals surface area contributed by atoms with Crippen LogP contribution in [0.5, 0.6) is 0 Å². The minimum Gasteiger partial charge on any atom is -0.342 e. The van der Waals surface area contributed by atoms with E-state index in [0.717, 1.165) is 31.3 Å². The van der Waals surface area contributed by atoms with E-state index in [4.69, 9.17) is 0 Å². The Hall–Kier alpha value is -0.0500. The summed E-state index contributed by atoms with van der Waals surface area (Å²) in [6.07, 6.45) is 3.02. The third-order valence-corrected chi connectivity index (χ3v) is 3.85. The van der Waals surface area contributed by atoms with Crippen molar-refractivity contribution < 1.29 is 4.79 Å². The number of hydrogen-bond acceptors (Lipinski definition) is 1. The van der Waals surface area contributed by atoms with Gasteiger partial charge in [-0.2, -0.15) is 0 Å². The molecule has 0 aromatic rings. The van der Waals surface area contributed by atoms with E-state index < -0.39 is 0 Å². The van der Waals surface area contributed by atoms with E-state index in [1.165, 1.54) is 6.42 Å². The summed E-state index contributed by atoms with van der Waals surface area (Å²) in [6.45, 7) is 6.34. The lowest BCUT2D eigenvalue weighted by Crippen LogP contribution is -2.40. The molecule has 0 aromatic heterocycles. The van der Waals surface area contributed by atoms with Crippen molar-refractivity contribution in [3.8, 4) is 0 Å². The van der Waals surface area contributed by atoms with Gasteiger partial charge in [0.1, 0.15) is 0 Å². The van der Waals surface area contributed by atoms with E-state index in [2.05, 4.69) is 29.8 Å². The van der Waals surface area contributed by atoms with Gasteiger partial charge < -0.3 is 4.90 Å². The van der Waals surface area contributed by atoms with Crippen LogP contribution in [-0.2, 0) is 4.79 Å². The summed E-state index contributed by atoms with van der Waals surface area (Å²) in [7, 11) is 0. The maximum Gasteiger partial charge on any atom is 0.222 e. The van der Waals surface area contributed by atoms with E-state index >= 15 is 0 Å². The smallest absolute Gasteiger partial charge is 0.222 e. The van der Waals surface area contributed by atoms with Gasteiger partial charge in [0.2, 0.25) is 5.91 Å². The molecule has 1 amide bonds. The quantitative estimate of drug-likeness (QED) is 0.713. The molecule has 0 aromatic carbocycles. The molecule has 0 N–H and O–H groups in total. The maximum atomic E-state index is 11.6. The second kappa shape index (κ2) is 5.74. The first kappa shape index (κ1) is 12.0. The predicted octanol–water partition coefficient (Wildman–Crippen LogP) is 2.67. The summed E-state index contributed by atoms with van der Waals surface area (Å²) < 4.78 is 0. The number of alkyl halides is 1. The van der Waals surface area contributed by atoms with E-state index in [-0.39, 0.29) is 0 Å². The Morgan fingerprint density at radius 2 is 2.14 bits per heavy atom. The minimum atomic E-state index is 0.350. The highest BCUT2D eigenvalue weighted by Gasteiger charge is 2.22. The highest BCUT2D eigenvalue weighted by atomic mass is 79.9. The van der Waals surface area contributed by atoms with Gasteiger partial charge in [-0.25, -0.2) is 0 Å². The Bertz CT molecular complexity index is 194. The van der Waals surface area contributed by atoms with Gasteiger partial charge >= 0.3 is 0 Å². The van der Waals surface area contributed by atoms with Crippen molar-refractivity contribution >= 4 is 21.8 Å². The lowest BCUT2D eigenvalue weighted by molar-refractivity contribution is -0.134. The van der Waals surface area contributed by atoms with Crippen LogP contribution in [0.3, 0.4) is 0 Å². The molecule has 14 heavy (non-hydrogen) atoms. The zero-order valence-electron chi connectivity index (χ0n) is 9.13. The predicted molar refractivity (Wildman–Crippen MR) is 62.6 cm³/mol. The summed E-state index contributed by atoms with van der Waals surface area (Å²) in [5.41, 5.74) is 0. The van der Waals surface area contributed by atoms with Crippen LogP contribution in [0.15, 0.2) is 0 Å². The highest BCUT2D eigenvalue weighted by Crippen LogP contribution is 2.18. The largest absolute Gasteiger partial charge is 0.342 e. The molecule has 0 spiro atoms. The second-order valence-corrected chi connectivity index (χ2v) is 5.10. The topological polar surface area (TPSA) is 20.3 Å². The van der Waals surface area contributed by atoms with Crippen molar-refractivity contribution in [2.75, 3.05) is 18.4 Å². The molecule has 3 heteroatoms. The van der Waals surface area contributed by atoms with Crippen LogP contribution in [0.25, 0.3) is 0 Å². The van der Waals surface area contributed by atoms with Crippen LogP contribution in [0.1, 0.15) is 33.1 Å². The Labute approximate surface area is 95.2 Å². The summed E-state index contributed by atoms with van der Waals surface area (Å²) in [6, 6.07) is 0. The SMILES string of the molecule is CC(C)C(CBr)CN1CCCCC1=O. The fourth-order valence-corrected chi connectivity index (χ4v) is 2.73. The molecule has 1 saturated heterocycles. The van der Waals surface area contributed by atoms with Gasteiger partial charge in [-0.1, -0.05) is 29.8 Å². The van der Waals surface area contributed by atoms with Crippen molar-refractivity contribution in [1.29, 1.82) is 0 Å². The van der Waals surface area contributed by atoms with E-state index in [1.807, 2.05) is 4.90 Å². The Balaban J connectivity index is 2.44. The molecule has 1 atom stereocenters. The van der Waals surface area contributed by atoms with E-state index in [0.29, 0.717) is 17.7 Å². The molecule has 1 fully saturated rings. The third kappa shape index (κ3) is 3.26. The molecule has 1 unspecified atom stereocenters. The lowest BCUT2D eigenvalue weighted by atomic mass is 9.96. The maximum absolute atomic E-state index is 11.6. The molecule has 82 valence electrons. The molecule has 0 bridgehead atoms. The minimum absolute atomic E-state index is 0.350. The van der Waals surface area contributed by atoms with E-state index in [1.54, 1.807) is 0 Å². The number of rotatable bonds is 4. The first-order valence-corrected chi connectivity index (χ1v) is 6.61. The monoisotopic (exact) mass is 261 g/mol. The highest BCUT2D eigenvalue weighted by molar-refractivity contribution is 9.09. The molecule has 2 nitrogen and oxygen atoms in total. The van der Waals surface area contributed by atoms with Gasteiger partial charge in [0, 0.05) is 24.8 Å². The Kier molecular flexibility index (Phi) is 4.93. The molecule has 1 heterocycles. The molecule has 0 aliphatic carbocycles. The average Bonchev–Trinajstić information content (AvgIpc) is 2.16. The number of carbonyl (C=O) groups is 1. The number of carbonyl (C=O) groups excluding carboxylic acids is 1. The number of piperidine rings is 1. The second-order valence-electron chi connectivity index (χ2n) is 4.46. The number of halogens is 1. The summed E-state index contributed by atoms with van der Waals surface area (Å²) in [5, 5.41) is 0.994. The van der Waals surface area contributed by atoms with Crippen molar-refractivity contribution in [3.05, 3.63) is 0 Å². The number of likely N-dealkylation sites (tertiary alicyclic amines) is 1. The van der Waals surface area contributed by atoms with Crippen molar-refractivity contribution in [2.45, 2.75) is 33.1 Å². The van der Waals surface area contributed by atoms with Crippen LogP contribution in [0.4, 0.5) is 0 Å². The fourth-order valence-electron chi connectivity index (χ4n) is 1.78. The molecule has 0 radical (unpaired) electrons. The van der Waals surface area contributed by atoms with Crippen LogP contribution in [0.2, 0.25) is 0 Å². The molecular weight excluding hydrogens is 242 g/mol. The van der Waals surface area contributed by atoms with E-state index in [9.17, 15) is 4.79 Å². The van der Waals surface area contributed by atoms with Crippen molar-refractivity contribution in [3.63, 3.8) is 0 Å². The van der Waals surface area contributed by atoms with Gasteiger partial charge in [0.05, 0.1) is 0 Å². The fraction of sp³-hybridized carbons (Fsp3) is 0.909. The molecule has 1 rings (SSSR count). The first-order valence-electron chi connectivity index (χ1n) is 5.49. The van der Waals surface area contributed by atoms with Crippen LogP contribution in [-0.4, -0.2) is 29.2 Å². The third-order valence-electron chi connectivity index (χ3n) is 3.02. The average molecular weight is 262 g/mol. The summed E-state index contributed by atoms with van der Waals surface area (Å²) >= 11 is 3.53. The summed E-state index contributed by atoms with van der Waals surface area (Å²) in [4.78, 5) is 13.6. The van der Waals surface area contributed by atoms with Crippen LogP contribution in [0, 0.1) is 11.8 Å². The molecule has 1 aliphatic rings. The zero-order chi connectivity index (χ0) is 10.6. The standard InChI is InChI=1S/C11H20BrNO/c1-9(2)10(7-12)8-13-6-4-3-5-11(13)14/h9-10H,3-8H2,1-2H3. The molecule has 1 aliphatic heterocycles. The normalized spacial score (nSPS) is 20.3. The van der Waals surface area contributed by atoms with Gasteiger partial charge in [0.25, 0.3) is 0 Å². The first-order chi connectivity index (χ1) is 6.65. The van der Waals surface area contributed by atoms with Gasteiger partial charge in [0.15, 0.2) is 0 Å². The zero-order valence-corrected chi connectivity index (χ0v) is 10.7. The number of hydrogen-bond donors (Lipinski definition) is 0. The summed E-state index contributed by atoms with van der Waals surface area (Å²) in [5.74, 6) is 1.59. The van der Waals surface area contributed by atoms with Crippen molar-refractivity contribution in [2.24, 2.45) is 11.8 Å². The molecule has 0 saturated carbocycles. The van der Waals surface area contributed by atoms with Crippen LogP contribution >= 0.6 is 15.9 Å². The van der Waals surface area contributed by atoms with Crippen molar-refractivity contribution in [1.82, 2.24) is 4.90 Å². The lowest BCUT2D eigenvalue weighted by Gasteiger charge is -2.31. The van der Waals surface area contributed by atoms with Crippen LogP contribution < -0.4 is 0 Å². The van der Waals surface area contributed by atoms with Gasteiger partial charge in [-0.3, -0.25) is 4.79 Å². The number of amides is 1. The van der Waals surface area contributed by atoms with Gasteiger partial charge in [-0.05, 0) is 24.7 Å². The Morgan fingerprint density at radius 3 is 2.64 bits per heavy atom. The number of nitrogens with zero attached hydrogens (tertiary/aromatic N) is 1. The molecular formula is C11H20BrNO. The van der Waals surface area contributed by atoms with Gasteiger partial charge in [-0.15, -0.1) is 0 Å².